The van der Waals surface area contributed by atoms with E-state index < -0.39 is 0 Å². The molecular formula is C12H18ClN3O. The molecule has 2 rings (SSSR count). The number of aromatic nitrogens is 2. The number of β-amino-alcohol motifs (C(OH)–C–C–N with tert-alkyl or cyclic N) is 1. The molecule has 0 spiro atoms. The SMILES string of the molecule is Cc1cc(Cl)nc(CN2CCC(C)C(O)C2)n1. The second-order valence-electron chi connectivity index (χ2n) is 4.82. The topological polar surface area (TPSA) is 49.2 Å². The quantitative estimate of drug-likeness (QED) is 0.817. The maximum Gasteiger partial charge on any atom is 0.144 e. The summed E-state index contributed by atoms with van der Waals surface area (Å²) in [5.74, 6) is 1.12. The van der Waals surface area contributed by atoms with Gasteiger partial charge in [-0.15, -0.1) is 0 Å². The van der Waals surface area contributed by atoms with Crippen LogP contribution in [-0.2, 0) is 6.54 Å². The van der Waals surface area contributed by atoms with Gasteiger partial charge in [0.1, 0.15) is 11.0 Å². The van der Waals surface area contributed by atoms with E-state index in [0.29, 0.717) is 24.2 Å². The summed E-state index contributed by atoms with van der Waals surface area (Å²) in [6.45, 7) is 6.32. The Kier molecular flexibility index (Phi) is 3.97. The predicted molar refractivity (Wildman–Crippen MR) is 66.8 cm³/mol. The van der Waals surface area contributed by atoms with Crippen molar-refractivity contribution >= 4 is 11.6 Å². The second kappa shape index (κ2) is 5.29. The van der Waals surface area contributed by atoms with Gasteiger partial charge in [0.05, 0.1) is 12.6 Å². The van der Waals surface area contributed by atoms with Crippen molar-refractivity contribution in [1.82, 2.24) is 14.9 Å². The van der Waals surface area contributed by atoms with Gasteiger partial charge in [-0.2, -0.15) is 0 Å². The van der Waals surface area contributed by atoms with Gasteiger partial charge in [-0.25, -0.2) is 9.97 Å². The van der Waals surface area contributed by atoms with E-state index in [0.717, 1.165) is 24.5 Å². The summed E-state index contributed by atoms with van der Waals surface area (Å²) in [6.07, 6.45) is 0.768. The molecule has 4 nitrogen and oxygen atoms in total. The number of aliphatic hydroxyl groups is 1. The number of aryl methyl sites for hydroxylation is 1. The van der Waals surface area contributed by atoms with Crippen molar-refractivity contribution in [3.63, 3.8) is 0 Å². The second-order valence-corrected chi connectivity index (χ2v) is 5.20. The van der Waals surface area contributed by atoms with Gasteiger partial charge >= 0.3 is 0 Å². The Morgan fingerprint density at radius 1 is 1.53 bits per heavy atom. The summed E-state index contributed by atoms with van der Waals surface area (Å²) >= 11 is 5.90. The van der Waals surface area contributed by atoms with Gasteiger partial charge in [0.25, 0.3) is 0 Å². The van der Waals surface area contributed by atoms with Gasteiger partial charge in [0.2, 0.25) is 0 Å². The highest BCUT2D eigenvalue weighted by Gasteiger charge is 2.24. The fourth-order valence-electron chi connectivity index (χ4n) is 2.12. The van der Waals surface area contributed by atoms with Crippen molar-refractivity contribution in [2.24, 2.45) is 5.92 Å². The molecule has 5 heteroatoms. The van der Waals surface area contributed by atoms with Crippen molar-refractivity contribution < 1.29 is 5.11 Å². The first-order valence-electron chi connectivity index (χ1n) is 5.95. The monoisotopic (exact) mass is 255 g/mol. The molecule has 0 radical (unpaired) electrons. The molecule has 1 aliphatic heterocycles. The molecule has 1 aromatic heterocycles. The molecule has 1 aliphatic rings. The largest absolute Gasteiger partial charge is 0.392 e. The smallest absolute Gasteiger partial charge is 0.144 e. The highest BCUT2D eigenvalue weighted by molar-refractivity contribution is 6.29. The highest BCUT2D eigenvalue weighted by atomic mass is 35.5. The van der Waals surface area contributed by atoms with Crippen LogP contribution in [0.15, 0.2) is 6.07 Å². The van der Waals surface area contributed by atoms with Crippen LogP contribution in [0.4, 0.5) is 0 Å². The summed E-state index contributed by atoms with van der Waals surface area (Å²) in [4.78, 5) is 10.7. The van der Waals surface area contributed by atoms with Gasteiger partial charge in [0, 0.05) is 12.2 Å². The first-order valence-corrected chi connectivity index (χ1v) is 6.33. The lowest BCUT2D eigenvalue weighted by atomic mass is 9.96. The Hall–Kier alpha value is -0.710. The molecule has 1 fully saturated rings. The third-order valence-corrected chi connectivity index (χ3v) is 3.43. The van der Waals surface area contributed by atoms with Gasteiger partial charge in [-0.1, -0.05) is 18.5 Å². The Balaban J connectivity index is 2.01. The maximum atomic E-state index is 9.83. The maximum absolute atomic E-state index is 9.83. The van der Waals surface area contributed by atoms with E-state index in [1.165, 1.54) is 0 Å². The van der Waals surface area contributed by atoms with E-state index in [2.05, 4.69) is 21.8 Å². The van der Waals surface area contributed by atoms with Gasteiger partial charge < -0.3 is 5.11 Å². The molecule has 17 heavy (non-hydrogen) atoms. The Bertz CT molecular complexity index is 379. The molecule has 0 saturated carbocycles. The first-order chi connectivity index (χ1) is 8.04. The number of aliphatic hydroxyl groups excluding tert-OH is 1. The number of hydrogen-bond acceptors (Lipinski definition) is 4. The standard InChI is InChI=1S/C12H18ClN3O/c1-8-3-4-16(6-10(8)17)7-12-14-9(2)5-11(13)15-12/h5,8,10,17H,3-4,6-7H2,1-2H3. The van der Waals surface area contributed by atoms with E-state index in [-0.39, 0.29) is 6.10 Å². The number of nitrogens with zero attached hydrogens (tertiary/aromatic N) is 3. The van der Waals surface area contributed by atoms with E-state index in [9.17, 15) is 5.11 Å². The lowest BCUT2D eigenvalue weighted by molar-refractivity contribution is 0.0249. The predicted octanol–water partition coefficient (Wildman–Crippen LogP) is 1.64. The van der Waals surface area contributed by atoms with Crippen LogP contribution in [0.1, 0.15) is 24.9 Å². The first kappa shape index (κ1) is 12.7. The van der Waals surface area contributed by atoms with Crippen LogP contribution in [0, 0.1) is 12.8 Å². The van der Waals surface area contributed by atoms with Gasteiger partial charge in [-0.05, 0) is 31.9 Å². The summed E-state index contributed by atoms with van der Waals surface area (Å²) in [5, 5.41) is 10.3. The number of piperidine rings is 1. The normalized spacial score (nSPS) is 26.1. The molecule has 1 saturated heterocycles. The summed E-state index contributed by atoms with van der Waals surface area (Å²) in [7, 11) is 0. The third kappa shape index (κ3) is 3.37. The number of hydrogen-bond donors (Lipinski definition) is 1. The summed E-state index contributed by atoms with van der Waals surface area (Å²) < 4.78 is 0. The molecular weight excluding hydrogens is 238 g/mol. The van der Waals surface area contributed by atoms with Gasteiger partial charge in [-0.3, -0.25) is 4.90 Å². The van der Waals surface area contributed by atoms with Crippen molar-refractivity contribution in [2.75, 3.05) is 13.1 Å². The summed E-state index contributed by atoms with van der Waals surface area (Å²) in [6, 6.07) is 1.75. The van der Waals surface area contributed by atoms with Gasteiger partial charge in [0.15, 0.2) is 0 Å². The minimum Gasteiger partial charge on any atom is -0.392 e. The fourth-order valence-corrected chi connectivity index (χ4v) is 2.37. The molecule has 94 valence electrons. The lowest BCUT2D eigenvalue weighted by Gasteiger charge is -2.33. The van der Waals surface area contributed by atoms with Crippen molar-refractivity contribution in [1.29, 1.82) is 0 Å². The van der Waals surface area contributed by atoms with Crippen LogP contribution < -0.4 is 0 Å². The van der Waals surface area contributed by atoms with Crippen molar-refractivity contribution in [3.8, 4) is 0 Å². The molecule has 0 aliphatic carbocycles. The van der Waals surface area contributed by atoms with E-state index >= 15 is 0 Å². The van der Waals surface area contributed by atoms with E-state index in [1.54, 1.807) is 6.07 Å². The molecule has 1 N–H and O–H groups in total. The average molecular weight is 256 g/mol. The zero-order chi connectivity index (χ0) is 12.4. The average Bonchev–Trinajstić information content (AvgIpc) is 2.22. The lowest BCUT2D eigenvalue weighted by Crippen LogP contribution is -2.42. The number of halogens is 1. The number of rotatable bonds is 2. The van der Waals surface area contributed by atoms with Crippen LogP contribution >= 0.6 is 11.6 Å². The van der Waals surface area contributed by atoms with Crippen LogP contribution in [0.3, 0.4) is 0 Å². The van der Waals surface area contributed by atoms with Crippen LogP contribution in [0.25, 0.3) is 0 Å². The minimum atomic E-state index is -0.246. The number of likely N-dealkylation sites (tertiary alicyclic amines) is 1. The molecule has 0 bridgehead atoms. The minimum absolute atomic E-state index is 0.246. The molecule has 0 amide bonds. The molecule has 2 heterocycles. The Morgan fingerprint density at radius 2 is 2.29 bits per heavy atom. The van der Waals surface area contributed by atoms with E-state index in [1.807, 2.05) is 6.92 Å². The molecule has 2 unspecified atom stereocenters. The Morgan fingerprint density at radius 3 is 2.94 bits per heavy atom. The highest BCUT2D eigenvalue weighted by Crippen LogP contribution is 2.18. The zero-order valence-corrected chi connectivity index (χ0v) is 11.0. The van der Waals surface area contributed by atoms with Crippen LogP contribution in [0.2, 0.25) is 5.15 Å². The van der Waals surface area contributed by atoms with Crippen molar-refractivity contribution in [2.45, 2.75) is 32.9 Å². The van der Waals surface area contributed by atoms with E-state index in [4.69, 9.17) is 11.6 Å². The molecule has 0 aromatic carbocycles. The molecule has 2 atom stereocenters. The molecule has 1 aromatic rings. The fraction of sp³-hybridized carbons (Fsp3) is 0.667. The van der Waals surface area contributed by atoms with Crippen LogP contribution in [-0.4, -0.2) is 39.2 Å². The Labute approximate surface area is 107 Å². The van der Waals surface area contributed by atoms with Crippen molar-refractivity contribution in [3.05, 3.63) is 22.7 Å². The third-order valence-electron chi connectivity index (χ3n) is 3.24. The zero-order valence-electron chi connectivity index (χ0n) is 10.2. The van der Waals surface area contributed by atoms with Crippen LogP contribution in [0.5, 0.6) is 0 Å². The summed E-state index contributed by atoms with van der Waals surface area (Å²) in [5.41, 5.74) is 0.880.